The first-order chi connectivity index (χ1) is 16.3. The fourth-order valence-electron chi connectivity index (χ4n) is 3.11. The zero-order valence-electron chi connectivity index (χ0n) is 18.1. The van der Waals surface area contributed by atoms with Crippen molar-refractivity contribution in [1.29, 1.82) is 0 Å². The Morgan fingerprint density at radius 3 is 2.35 bits per heavy atom. The molecule has 0 atom stereocenters. The molecule has 0 aromatic heterocycles. The molecule has 0 unspecified atom stereocenters. The van der Waals surface area contributed by atoms with Crippen molar-refractivity contribution in [2.75, 3.05) is 23.1 Å². The number of benzene rings is 3. The number of carbonyl (C=O) groups is 1. The van der Waals surface area contributed by atoms with Crippen LogP contribution in [0.4, 0.5) is 5.69 Å². The van der Waals surface area contributed by atoms with E-state index in [1.807, 2.05) is 24.3 Å². The lowest BCUT2D eigenvalue weighted by atomic mass is 10.2. The topological polar surface area (TPSA) is 66.5 Å². The molecule has 0 aliphatic rings. The summed E-state index contributed by atoms with van der Waals surface area (Å²) in [5.74, 6) is 1.24. The van der Waals surface area contributed by atoms with Gasteiger partial charge in [-0.1, -0.05) is 65.1 Å². The van der Waals surface area contributed by atoms with E-state index in [0.717, 1.165) is 27.8 Å². The largest absolute Gasteiger partial charge is 0.354 e. The molecule has 0 bridgehead atoms. The van der Waals surface area contributed by atoms with E-state index in [4.69, 9.17) is 34.8 Å². The molecular weight excluding hydrogens is 535 g/mol. The Bertz CT molecular complexity index is 1230. The number of hydrogen-bond donors (Lipinski definition) is 1. The van der Waals surface area contributed by atoms with Crippen LogP contribution in [0.1, 0.15) is 12.0 Å². The number of nitrogens with zero attached hydrogens (tertiary/aromatic N) is 1. The quantitative estimate of drug-likeness (QED) is 0.282. The number of carbonyl (C=O) groups excluding carboxylic acids is 1. The van der Waals surface area contributed by atoms with Crippen LogP contribution in [0.5, 0.6) is 0 Å². The van der Waals surface area contributed by atoms with Gasteiger partial charge in [-0.15, -0.1) is 0 Å². The van der Waals surface area contributed by atoms with Gasteiger partial charge < -0.3 is 5.32 Å². The van der Waals surface area contributed by atoms with Crippen LogP contribution in [-0.2, 0) is 20.6 Å². The highest BCUT2D eigenvalue weighted by molar-refractivity contribution is 7.98. The first-order valence-corrected chi connectivity index (χ1v) is 14.1. The van der Waals surface area contributed by atoms with Gasteiger partial charge in [0.05, 0.1) is 15.6 Å². The van der Waals surface area contributed by atoms with Crippen molar-refractivity contribution >= 4 is 68.2 Å². The Hall–Kier alpha value is -1.90. The summed E-state index contributed by atoms with van der Waals surface area (Å²) in [6.45, 7) is 0.0171. The van der Waals surface area contributed by atoms with E-state index < -0.39 is 22.5 Å². The van der Waals surface area contributed by atoms with E-state index in [0.29, 0.717) is 16.6 Å². The van der Waals surface area contributed by atoms with Gasteiger partial charge in [0.2, 0.25) is 5.91 Å². The molecule has 1 N–H and O–H groups in total. The van der Waals surface area contributed by atoms with Crippen molar-refractivity contribution < 1.29 is 13.2 Å². The maximum Gasteiger partial charge on any atom is 0.264 e. The van der Waals surface area contributed by atoms with E-state index in [2.05, 4.69) is 5.32 Å². The number of hydrogen-bond acceptors (Lipinski definition) is 4. The highest BCUT2D eigenvalue weighted by Gasteiger charge is 2.28. The van der Waals surface area contributed by atoms with Crippen LogP contribution in [0.2, 0.25) is 15.1 Å². The lowest BCUT2D eigenvalue weighted by molar-refractivity contribution is -0.119. The van der Waals surface area contributed by atoms with Crippen LogP contribution in [0.15, 0.2) is 77.7 Å². The van der Waals surface area contributed by atoms with Gasteiger partial charge in [0.15, 0.2) is 0 Å². The summed E-state index contributed by atoms with van der Waals surface area (Å²) >= 11 is 20.0. The number of thioether (sulfide) groups is 1. The predicted molar refractivity (Wildman–Crippen MR) is 143 cm³/mol. The lowest BCUT2D eigenvalue weighted by Gasteiger charge is -2.25. The molecule has 10 heteroatoms. The smallest absolute Gasteiger partial charge is 0.264 e. The minimum absolute atomic E-state index is 0.0613. The molecule has 0 saturated carbocycles. The van der Waals surface area contributed by atoms with Gasteiger partial charge in [-0.05, 0) is 60.2 Å². The van der Waals surface area contributed by atoms with E-state index in [1.165, 1.54) is 30.3 Å². The molecular formula is C24H23Cl3N2O3S2. The second-order valence-corrected chi connectivity index (χ2v) is 11.6. The van der Waals surface area contributed by atoms with Gasteiger partial charge in [-0.25, -0.2) is 8.42 Å². The van der Waals surface area contributed by atoms with Crippen molar-refractivity contribution in [3.8, 4) is 0 Å². The summed E-state index contributed by atoms with van der Waals surface area (Å²) < 4.78 is 27.6. The van der Waals surface area contributed by atoms with E-state index in [9.17, 15) is 13.2 Å². The second-order valence-electron chi connectivity index (χ2n) is 7.31. The van der Waals surface area contributed by atoms with Crippen molar-refractivity contribution in [3.05, 3.63) is 93.4 Å². The summed E-state index contributed by atoms with van der Waals surface area (Å²) in [5.41, 5.74) is 1.32. The second kappa shape index (κ2) is 12.7. The average molecular weight is 558 g/mol. The van der Waals surface area contributed by atoms with Crippen LogP contribution >= 0.6 is 46.6 Å². The molecule has 3 aromatic carbocycles. The van der Waals surface area contributed by atoms with Crippen molar-refractivity contribution in [3.63, 3.8) is 0 Å². The molecule has 0 heterocycles. The molecule has 0 aliphatic carbocycles. The van der Waals surface area contributed by atoms with Crippen molar-refractivity contribution in [2.24, 2.45) is 0 Å². The molecule has 3 rings (SSSR count). The van der Waals surface area contributed by atoms with Gasteiger partial charge in [0.25, 0.3) is 10.0 Å². The van der Waals surface area contributed by atoms with Crippen LogP contribution in [0.25, 0.3) is 0 Å². The van der Waals surface area contributed by atoms with Crippen molar-refractivity contribution in [2.45, 2.75) is 17.1 Å². The Balaban J connectivity index is 1.60. The van der Waals surface area contributed by atoms with Crippen LogP contribution in [-0.4, -0.2) is 33.2 Å². The molecule has 0 saturated heterocycles. The number of anilines is 1. The molecule has 0 radical (unpaired) electrons. The Morgan fingerprint density at radius 2 is 1.65 bits per heavy atom. The minimum Gasteiger partial charge on any atom is -0.354 e. The molecule has 0 spiro atoms. The van der Waals surface area contributed by atoms with E-state index >= 15 is 0 Å². The normalized spacial score (nSPS) is 11.3. The highest BCUT2D eigenvalue weighted by Crippen LogP contribution is 2.32. The monoisotopic (exact) mass is 556 g/mol. The third-order valence-corrected chi connectivity index (χ3v) is 8.40. The summed E-state index contributed by atoms with van der Waals surface area (Å²) in [4.78, 5) is 12.7. The third-order valence-electron chi connectivity index (χ3n) is 4.74. The van der Waals surface area contributed by atoms with Gasteiger partial charge >= 0.3 is 0 Å². The first kappa shape index (κ1) is 26.7. The molecule has 5 nitrogen and oxygen atoms in total. The van der Waals surface area contributed by atoms with Gasteiger partial charge in [-0.2, -0.15) is 11.8 Å². The molecule has 34 heavy (non-hydrogen) atoms. The van der Waals surface area contributed by atoms with Gasteiger partial charge in [0, 0.05) is 22.3 Å². The average Bonchev–Trinajstić information content (AvgIpc) is 2.81. The van der Waals surface area contributed by atoms with Gasteiger partial charge in [0.1, 0.15) is 6.54 Å². The fraction of sp³-hybridized carbons (Fsp3) is 0.208. The summed E-state index contributed by atoms with van der Waals surface area (Å²) in [6.07, 6.45) is 0.740. The fourth-order valence-corrected chi connectivity index (χ4v) is 6.25. The lowest BCUT2D eigenvalue weighted by Crippen LogP contribution is -2.41. The number of rotatable bonds is 11. The Labute approximate surface area is 219 Å². The van der Waals surface area contributed by atoms with E-state index in [-0.39, 0.29) is 15.6 Å². The standard InChI is InChI=1S/C24H23Cl3N2O3S2/c25-19-7-4-6-18(14-19)17-33-13-5-12-28-24(30)16-29(23-11-10-20(26)15-22(23)27)34(31,32)21-8-2-1-3-9-21/h1-4,6-11,14-15H,5,12-13,16-17H2,(H,28,30). The number of halogens is 3. The maximum absolute atomic E-state index is 13.3. The molecule has 180 valence electrons. The first-order valence-electron chi connectivity index (χ1n) is 10.4. The molecule has 0 aliphatic heterocycles. The predicted octanol–water partition coefficient (Wildman–Crippen LogP) is 6.28. The molecule has 1 amide bonds. The SMILES string of the molecule is O=C(CN(c1ccc(Cl)cc1Cl)S(=O)(=O)c1ccccc1)NCCCSCc1cccc(Cl)c1. The Morgan fingerprint density at radius 1 is 0.912 bits per heavy atom. The molecule has 0 fully saturated rings. The van der Waals surface area contributed by atoms with Gasteiger partial charge in [-0.3, -0.25) is 9.10 Å². The number of sulfonamides is 1. The number of amides is 1. The minimum atomic E-state index is -4.03. The van der Waals surface area contributed by atoms with Crippen LogP contribution in [0.3, 0.4) is 0 Å². The zero-order chi connectivity index (χ0) is 24.6. The Kier molecular flexibility index (Phi) is 9.97. The number of nitrogens with one attached hydrogen (secondary N) is 1. The zero-order valence-corrected chi connectivity index (χ0v) is 22.0. The third kappa shape index (κ3) is 7.55. The highest BCUT2D eigenvalue weighted by atomic mass is 35.5. The summed E-state index contributed by atoms with van der Waals surface area (Å²) in [7, 11) is -4.03. The summed E-state index contributed by atoms with van der Waals surface area (Å²) in [6, 6.07) is 20.1. The van der Waals surface area contributed by atoms with Crippen molar-refractivity contribution in [1.82, 2.24) is 5.32 Å². The van der Waals surface area contributed by atoms with E-state index in [1.54, 1.807) is 30.0 Å². The van der Waals surface area contributed by atoms with Crippen LogP contribution in [0, 0.1) is 0 Å². The maximum atomic E-state index is 13.3. The van der Waals surface area contributed by atoms with Crippen LogP contribution < -0.4 is 9.62 Å². The summed E-state index contributed by atoms with van der Waals surface area (Å²) in [5, 5.41) is 4.01. The molecule has 3 aromatic rings.